The summed E-state index contributed by atoms with van der Waals surface area (Å²) in [5.41, 5.74) is 1.53. The van der Waals surface area contributed by atoms with Crippen molar-refractivity contribution in [3.05, 3.63) is 53.6 Å². The summed E-state index contributed by atoms with van der Waals surface area (Å²) in [7, 11) is 0. The molecule has 2 amide bonds. The van der Waals surface area contributed by atoms with Crippen molar-refractivity contribution in [2.24, 2.45) is 0 Å². The predicted octanol–water partition coefficient (Wildman–Crippen LogP) is 3.74. The number of carbonyl (C=O) groups is 2. The van der Waals surface area contributed by atoms with Crippen molar-refractivity contribution in [3.8, 4) is 0 Å². The van der Waals surface area contributed by atoms with E-state index in [2.05, 4.69) is 10.2 Å². The van der Waals surface area contributed by atoms with Crippen LogP contribution in [0, 0.1) is 0 Å². The van der Waals surface area contributed by atoms with Crippen molar-refractivity contribution in [1.82, 2.24) is 4.90 Å². The number of hydrogen-bond donors (Lipinski definition) is 1. The zero-order valence-electron chi connectivity index (χ0n) is 15.2. The van der Waals surface area contributed by atoms with Crippen LogP contribution in [-0.4, -0.2) is 48.6 Å². The second-order valence-corrected chi connectivity index (χ2v) is 7.73. The first-order valence-electron chi connectivity index (χ1n) is 8.81. The van der Waals surface area contributed by atoms with Crippen molar-refractivity contribution in [2.75, 3.05) is 42.1 Å². The standard InChI is InChI=1S/C20H22ClN3O2S/c1-15(25)23-10-12-24(13-11-23)20-17(21)8-5-9-18(20)22-19(26)14-27-16-6-3-2-4-7-16/h2-9H,10-14H2,1H3,(H,22,26). The van der Waals surface area contributed by atoms with E-state index in [1.807, 2.05) is 53.4 Å². The first-order valence-corrected chi connectivity index (χ1v) is 10.2. The minimum atomic E-state index is -0.0743. The third-order valence-corrected chi connectivity index (χ3v) is 5.73. The molecule has 0 bridgehead atoms. The summed E-state index contributed by atoms with van der Waals surface area (Å²) in [6.45, 7) is 4.26. The highest BCUT2D eigenvalue weighted by Crippen LogP contribution is 2.34. The first kappa shape index (κ1) is 19.6. The number of thioether (sulfide) groups is 1. The maximum Gasteiger partial charge on any atom is 0.234 e. The van der Waals surface area contributed by atoms with E-state index in [1.54, 1.807) is 6.92 Å². The summed E-state index contributed by atoms with van der Waals surface area (Å²) >= 11 is 7.93. The van der Waals surface area contributed by atoms with E-state index in [9.17, 15) is 9.59 Å². The number of piperazine rings is 1. The molecule has 1 aliphatic heterocycles. The number of nitrogens with zero attached hydrogens (tertiary/aromatic N) is 2. The van der Waals surface area contributed by atoms with Gasteiger partial charge in [0.2, 0.25) is 11.8 Å². The maximum absolute atomic E-state index is 12.4. The Labute approximate surface area is 168 Å². The molecule has 142 valence electrons. The van der Waals surface area contributed by atoms with Gasteiger partial charge in [-0.2, -0.15) is 0 Å². The summed E-state index contributed by atoms with van der Waals surface area (Å²) < 4.78 is 0. The number of carbonyl (C=O) groups excluding carboxylic acids is 2. The van der Waals surface area contributed by atoms with Gasteiger partial charge in [0.15, 0.2) is 0 Å². The van der Waals surface area contributed by atoms with Crippen LogP contribution in [-0.2, 0) is 9.59 Å². The van der Waals surface area contributed by atoms with Gasteiger partial charge in [-0.25, -0.2) is 0 Å². The number of anilines is 2. The number of benzene rings is 2. The fraction of sp³-hybridized carbons (Fsp3) is 0.300. The molecule has 1 N–H and O–H groups in total. The first-order chi connectivity index (χ1) is 13.0. The highest BCUT2D eigenvalue weighted by atomic mass is 35.5. The smallest absolute Gasteiger partial charge is 0.234 e. The highest BCUT2D eigenvalue weighted by molar-refractivity contribution is 8.00. The predicted molar refractivity (Wildman–Crippen MR) is 112 cm³/mol. The van der Waals surface area contributed by atoms with Gasteiger partial charge < -0.3 is 15.1 Å². The second kappa shape index (κ2) is 9.15. The molecular formula is C20H22ClN3O2S. The molecule has 0 radical (unpaired) electrons. The number of amides is 2. The third kappa shape index (κ3) is 5.17. The van der Waals surface area contributed by atoms with Crippen molar-refractivity contribution in [2.45, 2.75) is 11.8 Å². The van der Waals surface area contributed by atoms with Gasteiger partial charge in [0.1, 0.15) is 0 Å². The Balaban J connectivity index is 1.66. The van der Waals surface area contributed by atoms with E-state index in [1.165, 1.54) is 11.8 Å². The normalized spacial score (nSPS) is 14.1. The van der Waals surface area contributed by atoms with E-state index in [0.717, 1.165) is 10.6 Å². The number of para-hydroxylation sites is 1. The van der Waals surface area contributed by atoms with Gasteiger partial charge in [-0.05, 0) is 24.3 Å². The van der Waals surface area contributed by atoms with Gasteiger partial charge >= 0.3 is 0 Å². The number of hydrogen-bond acceptors (Lipinski definition) is 4. The molecule has 1 fully saturated rings. The summed E-state index contributed by atoms with van der Waals surface area (Å²) in [5, 5.41) is 3.58. The molecule has 1 aliphatic rings. The van der Waals surface area contributed by atoms with Gasteiger partial charge in [-0.15, -0.1) is 11.8 Å². The molecule has 5 nitrogen and oxygen atoms in total. The molecular weight excluding hydrogens is 382 g/mol. The topological polar surface area (TPSA) is 52.7 Å². The van der Waals surface area contributed by atoms with Crippen LogP contribution >= 0.6 is 23.4 Å². The molecule has 1 saturated heterocycles. The van der Waals surface area contributed by atoms with Crippen LogP contribution < -0.4 is 10.2 Å². The van der Waals surface area contributed by atoms with Crippen LogP contribution in [0.1, 0.15) is 6.92 Å². The number of nitrogens with one attached hydrogen (secondary N) is 1. The van der Waals surface area contributed by atoms with Crippen LogP contribution in [0.2, 0.25) is 5.02 Å². The van der Waals surface area contributed by atoms with Gasteiger partial charge in [0, 0.05) is 38.0 Å². The van der Waals surface area contributed by atoms with E-state index >= 15 is 0 Å². The van der Waals surface area contributed by atoms with Crippen LogP contribution in [0.3, 0.4) is 0 Å². The molecule has 27 heavy (non-hydrogen) atoms. The highest BCUT2D eigenvalue weighted by Gasteiger charge is 2.23. The molecule has 0 aromatic heterocycles. The molecule has 0 aliphatic carbocycles. The zero-order valence-corrected chi connectivity index (χ0v) is 16.7. The lowest BCUT2D eigenvalue weighted by Crippen LogP contribution is -2.48. The Morgan fingerprint density at radius 2 is 1.74 bits per heavy atom. The Hall–Kier alpha value is -2.18. The molecule has 0 atom stereocenters. The fourth-order valence-electron chi connectivity index (χ4n) is 3.03. The Morgan fingerprint density at radius 1 is 1.04 bits per heavy atom. The number of rotatable bonds is 5. The Kier molecular flexibility index (Phi) is 6.63. The maximum atomic E-state index is 12.4. The zero-order chi connectivity index (χ0) is 19.2. The van der Waals surface area contributed by atoms with Gasteiger partial charge in [-0.3, -0.25) is 9.59 Å². The Morgan fingerprint density at radius 3 is 2.41 bits per heavy atom. The molecule has 2 aromatic carbocycles. The van der Waals surface area contributed by atoms with E-state index < -0.39 is 0 Å². The molecule has 1 heterocycles. The van der Waals surface area contributed by atoms with Crippen LogP contribution in [0.15, 0.2) is 53.4 Å². The average molecular weight is 404 g/mol. The fourth-order valence-corrected chi connectivity index (χ4v) is 4.05. The lowest BCUT2D eigenvalue weighted by atomic mass is 10.2. The monoisotopic (exact) mass is 403 g/mol. The minimum Gasteiger partial charge on any atom is -0.365 e. The summed E-state index contributed by atoms with van der Waals surface area (Å²) in [4.78, 5) is 29.0. The lowest BCUT2D eigenvalue weighted by Gasteiger charge is -2.37. The molecule has 3 rings (SSSR count). The van der Waals surface area contributed by atoms with Gasteiger partial charge in [0.25, 0.3) is 0 Å². The minimum absolute atomic E-state index is 0.0743. The van der Waals surface area contributed by atoms with E-state index in [4.69, 9.17) is 11.6 Å². The Bertz CT molecular complexity index is 808. The average Bonchev–Trinajstić information content (AvgIpc) is 2.67. The van der Waals surface area contributed by atoms with Gasteiger partial charge in [0.05, 0.1) is 22.2 Å². The van der Waals surface area contributed by atoms with E-state index in [0.29, 0.717) is 42.6 Å². The molecule has 0 spiro atoms. The SMILES string of the molecule is CC(=O)N1CCN(c2c(Cl)cccc2NC(=O)CSc2ccccc2)CC1. The van der Waals surface area contributed by atoms with Gasteiger partial charge in [-0.1, -0.05) is 35.9 Å². The molecule has 7 heteroatoms. The van der Waals surface area contributed by atoms with E-state index in [-0.39, 0.29) is 11.8 Å². The summed E-state index contributed by atoms with van der Waals surface area (Å²) in [5.74, 6) is 0.337. The van der Waals surface area contributed by atoms with Crippen molar-refractivity contribution in [1.29, 1.82) is 0 Å². The van der Waals surface area contributed by atoms with Crippen molar-refractivity contribution < 1.29 is 9.59 Å². The van der Waals surface area contributed by atoms with Crippen LogP contribution in [0.5, 0.6) is 0 Å². The quantitative estimate of drug-likeness (QED) is 0.772. The van der Waals surface area contributed by atoms with Crippen molar-refractivity contribution >= 4 is 46.6 Å². The van der Waals surface area contributed by atoms with Crippen LogP contribution in [0.25, 0.3) is 0 Å². The summed E-state index contributed by atoms with van der Waals surface area (Å²) in [6, 6.07) is 15.3. The third-order valence-electron chi connectivity index (χ3n) is 4.42. The van der Waals surface area contributed by atoms with Crippen molar-refractivity contribution in [3.63, 3.8) is 0 Å². The number of halogens is 1. The van der Waals surface area contributed by atoms with Crippen LogP contribution in [0.4, 0.5) is 11.4 Å². The second-order valence-electron chi connectivity index (χ2n) is 6.28. The summed E-state index contributed by atoms with van der Waals surface area (Å²) in [6.07, 6.45) is 0. The molecule has 2 aromatic rings. The molecule has 0 saturated carbocycles. The lowest BCUT2D eigenvalue weighted by molar-refractivity contribution is -0.129. The largest absolute Gasteiger partial charge is 0.365 e. The molecule has 0 unspecified atom stereocenters.